The van der Waals surface area contributed by atoms with E-state index in [0.717, 1.165) is 18.4 Å². The second-order valence-corrected chi connectivity index (χ2v) is 7.02. The van der Waals surface area contributed by atoms with E-state index in [0.29, 0.717) is 12.2 Å². The van der Waals surface area contributed by atoms with Gasteiger partial charge in [0.05, 0.1) is 12.6 Å². The third-order valence-corrected chi connectivity index (χ3v) is 5.20. The lowest BCUT2D eigenvalue weighted by Gasteiger charge is -2.26. The SMILES string of the molecule is CN(C(=O)Nc1cccc(Cn2cccnc2=O)c1)[C@H]1CCc2ccccc21. The summed E-state index contributed by atoms with van der Waals surface area (Å²) in [6.07, 6.45) is 5.11. The molecule has 0 unspecified atom stereocenters. The van der Waals surface area contributed by atoms with Crippen LogP contribution in [0, 0.1) is 0 Å². The lowest BCUT2D eigenvalue weighted by molar-refractivity contribution is 0.204. The molecule has 0 saturated carbocycles. The molecule has 1 N–H and O–H groups in total. The number of nitrogens with zero attached hydrogens (tertiary/aromatic N) is 3. The fourth-order valence-corrected chi connectivity index (χ4v) is 3.74. The zero-order valence-corrected chi connectivity index (χ0v) is 15.7. The molecule has 0 bridgehead atoms. The first kappa shape index (κ1) is 18.0. The van der Waals surface area contributed by atoms with E-state index in [1.807, 2.05) is 43.4 Å². The van der Waals surface area contributed by atoms with Crippen molar-refractivity contribution in [2.24, 2.45) is 0 Å². The van der Waals surface area contributed by atoms with Crippen molar-refractivity contribution in [3.05, 3.63) is 94.2 Å². The third kappa shape index (κ3) is 3.67. The first-order chi connectivity index (χ1) is 13.6. The highest BCUT2D eigenvalue weighted by atomic mass is 16.2. The summed E-state index contributed by atoms with van der Waals surface area (Å²) in [5, 5.41) is 2.97. The number of urea groups is 1. The van der Waals surface area contributed by atoms with Crippen molar-refractivity contribution in [1.82, 2.24) is 14.5 Å². The highest BCUT2D eigenvalue weighted by molar-refractivity contribution is 5.89. The summed E-state index contributed by atoms with van der Waals surface area (Å²) in [6.45, 7) is 0.405. The normalized spacial score (nSPS) is 15.1. The molecule has 1 aliphatic carbocycles. The van der Waals surface area contributed by atoms with Crippen LogP contribution in [-0.2, 0) is 13.0 Å². The number of hydrogen-bond acceptors (Lipinski definition) is 3. The van der Waals surface area contributed by atoms with Crippen LogP contribution in [0.25, 0.3) is 0 Å². The van der Waals surface area contributed by atoms with E-state index in [9.17, 15) is 9.59 Å². The largest absolute Gasteiger partial charge is 0.347 e. The number of aryl methyl sites for hydroxylation is 1. The number of carbonyl (C=O) groups is 1. The minimum Gasteiger partial charge on any atom is -0.321 e. The molecule has 2 amide bonds. The Labute approximate surface area is 163 Å². The third-order valence-electron chi connectivity index (χ3n) is 5.20. The molecule has 1 aromatic heterocycles. The van der Waals surface area contributed by atoms with Gasteiger partial charge in [-0.1, -0.05) is 36.4 Å². The number of fused-ring (bicyclic) bond motifs is 1. The molecule has 0 radical (unpaired) electrons. The average Bonchev–Trinajstić information content (AvgIpc) is 3.13. The van der Waals surface area contributed by atoms with Crippen molar-refractivity contribution in [2.75, 3.05) is 12.4 Å². The highest BCUT2D eigenvalue weighted by Gasteiger charge is 2.28. The fourth-order valence-electron chi connectivity index (χ4n) is 3.74. The summed E-state index contributed by atoms with van der Waals surface area (Å²) >= 11 is 0. The molecule has 4 rings (SSSR count). The number of nitrogens with one attached hydrogen (secondary N) is 1. The van der Waals surface area contributed by atoms with Gasteiger partial charge in [0, 0.05) is 25.1 Å². The topological polar surface area (TPSA) is 67.2 Å². The Morgan fingerprint density at radius 3 is 2.93 bits per heavy atom. The number of rotatable bonds is 4. The Morgan fingerprint density at radius 2 is 2.07 bits per heavy atom. The van der Waals surface area contributed by atoms with Crippen LogP contribution in [0.1, 0.15) is 29.2 Å². The van der Waals surface area contributed by atoms with Crippen molar-refractivity contribution in [1.29, 1.82) is 0 Å². The Bertz CT molecular complexity index is 1060. The zero-order valence-electron chi connectivity index (χ0n) is 15.7. The first-order valence-corrected chi connectivity index (χ1v) is 9.34. The summed E-state index contributed by atoms with van der Waals surface area (Å²) in [5.74, 6) is 0. The smallest absolute Gasteiger partial charge is 0.321 e. The molecule has 0 fully saturated rings. The minimum atomic E-state index is -0.295. The molecule has 0 spiro atoms. The molecule has 3 aromatic rings. The summed E-state index contributed by atoms with van der Waals surface area (Å²) in [5.41, 5.74) is 3.87. The van der Waals surface area contributed by atoms with Crippen LogP contribution in [0.5, 0.6) is 0 Å². The average molecular weight is 374 g/mol. The molecule has 1 atom stereocenters. The van der Waals surface area contributed by atoms with Crippen LogP contribution in [0.4, 0.5) is 10.5 Å². The molecular weight excluding hydrogens is 352 g/mol. The number of carbonyl (C=O) groups excluding carboxylic acids is 1. The van der Waals surface area contributed by atoms with Gasteiger partial charge in [0.25, 0.3) is 0 Å². The molecule has 2 aromatic carbocycles. The Kier molecular flexibility index (Phi) is 4.93. The molecule has 142 valence electrons. The molecule has 6 nitrogen and oxygen atoms in total. The molecule has 0 aliphatic heterocycles. The van der Waals surface area contributed by atoms with Gasteiger partial charge in [0.1, 0.15) is 0 Å². The van der Waals surface area contributed by atoms with Gasteiger partial charge < -0.3 is 10.2 Å². The fraction of sp³-hybridized carbons (Fsp3) is 0.227. The number of hydrogen-bond donors (Lipinski definition) is 1. The molecular formula is C22H22N4O2. The summed E-state index contributed by atoms with van der Waals surface area (Å²) in [7, 11) is 1.83. The second kappa shape index (κ2) is 7.68. The maximum absolute atomic E-state index is 12.8. The highest BCUT2D eigenvalue weighted by Crippen LogP contribution is 2.35. The molecule has 0 saturated heterocycles. The molecule has 6 heteroatoms. The van der Waals surface area contributed by atoms with Gasteiger partial charge >= 0.3 is 11.7 Å². The lowest BCUT2D eigenvalue weighted by atomic mass is 10.1. The zero-order chi connectivity index (χ0) is 19.5. The van der Waals surface area contributed by atoms with E-state index in [1.165, 1.54) is 21.9 Å². The van der Waals surface area contributed by atoms with Crippen LogP contribution >= 0.6 is 0 Å². The predicted molar refractivity (Wildman–Crippen MR) is 108 cm³/mol. The van der Waals surface area contributed by atoms with E-state index in [4.69, 9.17) is 0 Å². The molecule has 1 aliphatic rings. The summed E-state index contributed by atoms with van der Waals surface area (Å²) in [6, 6.07) is 17.5. The van der Waals surface area contributed by atoms with Crippen LogP contribution in [0.2, 0.25) is 0 Å². The maximum Gasteiger partial charge on any atom is 0.347 e. The van der Waals surface area contributed by atoms with Crippen molar-refractivity contribution < 1.29 is 4.79 Å². The number of amides is 2. The van der Waals surface area contributed by atoms with E-state index in [-0.39, 0.29) is 17.8 Å². The van der Waals surface area contributed by atoms with Crippen molar-refractivity contribution >= 4 is 11.7 Å². The quantitative estimate of drug-likeness (QED) is 0.761. The van der Waals surface area contributed by atoms with Gasteiger partial charge in [-0.2, -0.15) is 0 Å². The van der Waals surface area contributed by atoms with E-state index < -0.39 is 0 Å². The number of benzene rings is 2. The van der Waals surface area contributed by atoms with Gasteiger partial charge in [0.2, 0.25) is 0 Å². The molecule has 1 heterocycles. The monoisotopic (exact) mass is 374 g/mol. The lowest BCUT2D eigenvalue weighted by Crippen LogP contribution is -2.34. The number of aromatic nitrogens is 2. The predicted octanol–water partition coefficient (Wildman–Crippen LogP) is 3.44. The van der Waals surface area contributed by atoms with Gasteiger partial charge in [-0.15, -0.1) is 0 Å². The van der Waals surface area contributed by atoms with Crippen molar-refractivity contribution in [3.63, 3.8) is 0 Å². The maximum atomic E-state index is 12.8. The van der Waals surface area contributed by atoms with Crippen LogP contribution in [0.15, 0.2) is 71.8 Å². The van der Waals surface area contributed by atoms with Crippen molar-refractivity contribution in [2.45, 2.75) is 25.4 Å². The summed E-state index contributed by atoms with van der Waals surface area (Å²) < 4.78 is 1.53. The van der Waals surface area contributed by atoms with Gasteiger partial charge in [-0.3, -0.25) is 4.57 Å². The number of anilines is 1. The minimum absolute atomic E-state index is 0.0911. The summed E-state index contributed by atoms with van der Waals surface area (Å²) in [4.78, 5) is 30.1. The van der Waals surface area contributed by atoms with E-state index in [1.54, 1.807) is 17.2 Å². The van der Waals surface area contributed by atoms with Crippen LogP contribution < -0.4 is 11.0 Å². The van der Waals surface area contributed by atoms with Gasteiger partial charge in [-0.05, 0) is 47.7 Å². The first-order valence-electron chi connectivity index (χ1n) is 9.34. The van der Waals surface area contributed by atoms with Crippen LogP contribution in [-0.4, -0.2) is 27.5 Å². The van der Waals surface area contributed by atoms with E-state index >= 15 is 0 Å². The Morgan fingerprint density at radius 1 is 1.21 bits per heavy atom. The van der Waals surface area contributed by atoms with Gasteiger partial charge in [0.15, 0.2) is 0 Å². The Hall–Kier alpha value is -3.41. The van der Waals surface area contributed by atoms with Crippen molar-refractivity contribution in [3.8, 4) is 0 Å². The van der Waals surface area contributed by atoms with Crippen LogP contribution in [0.3, 0.4) is 0 Å². The van der Waals surface area contributed by atoms with Gasteiger partial charge in [-0.25, -0.2) is 14.6 Å². The Balaban J connectivity index is 1.46. The second-order valence-electron chi connectivity index (χ2n) is 7.02. The standard InChI is InChI=1S/C22H22N4O2/c1-25(20-11-10-17-7-2-3-9-19(17)20)22(28)24-18-8-4-6-16(14-18)15-26-13-5-12-23-21(26)27/h2-9,12-14,20H,10-11,15H2,1H3,(H,24,28)/t20-/m0/s1. The van der Waals surface area contributed by atoms with E-state index in [2.05, 4.69) is 22.4 Å². The molecule has 28 heavy (non-hydrogen) atoms.